The highest BCUT2D eigenvalue weighted by atomic mass is 32.2. The molecule has 0 saturated carbocycles. The van der Waals surface area contributed by atoms with Crippen molar-refractivity contribution in [3.63, 3.8) is 0 Å². The van der Waals surface area contributed by atoms with Gasteiger partial charge in [-0.1, -0.05) is 35.5 Å². The van der Waals surface area contributed by atoms with Crippen LogP contribution in [0.2, 0.25) is 0 Å². The maximum Gasteiger partial charge on any atom is 0.268 e. The van der Waals surface area contributed by atoms with E-state index in [0.717, 1.165) is 33.3 Å². The third kappa shape index (κ3) is 3.07. The monoisotopic (exact) mass is 432 g/mol. The smallest absolute Gasteiger partial charge is 0.268 e. The summed E-state index contributed by atoms with van der Waals surface area (Å²) in [6.07, 6.45) is 5.27. The molecular weight excluding hydrogens is 412 g/mol. The van der Waals surface area contributed by atoms with Crippen LogP contribution in [0.5, 0.6) is 0 Å². The van der Waals surface area contributed by atoms with Crippen LogP contribution in [0.1, 0.15) is 11.5 Å². The minimum absolute atomic E-state index is 0.229. The fourth-order valence-electron chi connectivity index (χ4n) is 3.94. The lowest BCUT2D eigenvalue weighted by atomic mass is 10.0. The maximum absolute atomic E-state index is 13.5. The largest absolute Gasteiger partial charge is 0.361 e. The average molecular weight is 433 g/mol. The van der Waals surface area contributed by atoms with E-state index in [9.17, 15) is 8.42 Å². The molecule has 5 aromatic rings. The van der Waals surface area contributed by atoms with Crippen molar-refractivity contribution in [2.45, 2.75) is 18.7 Å². The molecule has 0 spiro atoms. The Labute approximate surface area is 179 Å². The number of aromatic nitrogens is 4. The molecule has 0 N–H and O–H groups in total. The molecule has 0 radical (unpaired) electrons. The molecule has 0 saturated heterocycles. The topological polar surface area (TPSA) is 82.9 Å². The maximum atomic E-state index is 13.5. The molecule has 3 aromatic heterocycles. The lowest BCUT2D eigenvalue weighted by molar-refractivity contribution is 0.393. The van der Waals surface area contributed by atoms with Crippen LogP contribution in [-0.4, -0.2) is 27.3 Å². The van der Waals surface area contributed by atoms with Crippen LogP contribution in [0.15, 0.2) is 76.5 Å². The van der Waals surface area contributed by atoms with Crippen molar-refractivity contribution in [3.8, 4) is 22.3 Å². The molecule has 31 heavy (non-hydrogen) atoms. The fraction of sp³-hybridized carbons (Fsp3) is 0.130. The molecule has 0 aliphatic rings. The molecule has 2 aromatic carbocycles. The Morgan fingerprint density at radius 2 is 1.74 bits per heavy atom. The van der Waals surface area contributed by atoms with Crippen LogP contribution in [-0.2, 0) is 17.1 Å². The Morgan fingerprint density at radius 1 is 0.968 bits per heavy atom. The Bertz CT molecular complexity index is 1510. The Balaban J connectivity index is 1.82. The lowest BCUT2D eigenvalue weighted by Gasteiger charge is -2.08. The summed E-state index contributed by atoms with van der Waals surface area (Å²) in [7, 11) is -1.97. The van der Waals surface area contributed by atoms with Gasteiger partial charge in [0.25, 0.3) is 10.0 Å². The van der Waals surface area contributed by atoms with Gasteiger partial charge in [0.1, 0.15) is 5.76 Å². The van der Waals surface area contributed by atoms with Gasteiger partial charge in [-0.3, -0.25) is 4.68 Å². The highest BCUT2D eigenvalue weighted by Crippen LogP contribution is 2.36. The van der Waals surface area contributed by atoms with E-state index in [1.807, 2.05) is 45.3 Å². The van der Waals surface area contributed by atoms with Crippen LogP contribution >= 0.6 is 0 Å². The van der Waals surface area contributed by atoms with Crippen molar-refractivity contribution < 1.29 is 12.9 Å². The van der Waals surface area contributed by atoms with Crippen molar-refractivity contribution in [3.05, 3.63) is 78.6 Å². The third-order valence-electron chi connectivity index (χ3n) is 5.41. The van der Waals surface area contributed by atoms with Crippen LogP contribution in [0.25, 0.3) is 33.2 Å². The average Bonchev–Trinajstić information content (AvgIpc) is 3.45. The summed E-state index contributed by atoms with van der Waals surface area (Å²) in [5, 5.41) is 9.11. The van der Waals surface area contributed by atoms with E-state index in [2.05, 4.69) is 10.3 Å². The summed E-state index contributed by atoms with van der Waals surface area (Å²) in [4.78, 5) is 0.229. The number of nitrogens with zero attached hydrogens (tertiary/aromatic N) is 4. The molecule has 8 heteroatoms. The summed E-state index contributed by atoms with van der Waals surface area (Å²) in [6.45, 7) is 3.72. The van der Waals surface area contributed by atoms with Gasteiger partial charge >= 0.3 is 0 Å². The number of aryl methyl sites for hydroxylation is 3. The first kappa shape index (κ1) is 19.3. The van der Waals surface area contributed by atoms with Crippen molar-refractivity contribution >= 4 is 20.9 Å². The predicted octanol–water partition coefficient (Wildman–Crippen LogP) is 4.55. The number of hydrogen-bond acceptors (Lipinski definition) is 5. The molecule has 3 heterocycles. The first-order chi connectivity index (χ1) is 14.9. The van der Waals surface area contributed by atoms with E-state index < -0.39 is 10.0 Å². The molecule has 0 bridgehead atoms. The molecule has 5 rings (SSSR count). The van der Waals surface area contributed by atoms with E-state index in [4.69, 9.17) is 4.52 Å². The van der Waals surface area contributed by atoms with Crippen molar-refractivity contribution in [2.75, 3.05) is 0 Å². The second-order valence-electron chi connectivity index (χ2n) is 7.49. The Kier molecular flexibility index (Phi) is 4.33. The fourth-order valence-corrected chi connectivity index (χ4v) is 5.33. The van der Waals surface area contributed by atoms with E-state index in [1.165, 1.54) is 3.97 Å². The molecule has 0 atom stereocenters. The van der Waals surface area contributed by atoms with Gasteiger partial charge in [0.05, 0.1) is 22.3 Å². The summed E-state index contributed by atoms with van der Waals surface area (Å²) in [5.41, 5.74) is 4.71. The van der Waals surface area contributed by atoms with Crippen LogP contribution < -0.4 is 0 Å². The highest BCUT2D eigenvalue weighted by molar-refractivity contribution is 7.90. The zero-order valence-corrected chi connectivity index (χ0v) is 18.1. The first-order valence-corrected chi connectivity index (χ1v) is 11.2. The van der Waals surface area contributed by atoms with Gasteiger partial charge in [-0.05, 0) is 37.6 Å². The van der Waals surface area contributed by atoms with Crippen LogP contribution in [0.3, 0.4) is 0 Å². The minimum Gasteiger partial charge on any atom is -0.361 e. The van der Waals surface area contributed by atoms with E-state index in [-0.39, 0.29) is 4.90 Å². The van der Waals surface area contributed by atoms with Gasteiger partial charge in [0.15, 0.2) is 0 Å². The van der Waals surface area contributed by atoms with Crippen molar-refractivity contribution in [1.82, 2.24) is 18.9 Å². The number of fused-ring (bicyclic) bond motifs is 1. The van der Waals surface area contributed by atoms with E-state index >= 15 is 0 Å². The van der Waals surface area contributed by atoms with Gasteiger partial charge in [-0.2, -0.15) is 5.10 Å². The number of rotatable bonds is 4. The van der Waals surface area contributed by atoms with Crippen LogP contribution in [0.4, 0.5) is 0 Å². The summed E-state index contributed by atoms with van der Waals surface area (Å²) >= 11 is 0. The molecule has 0 fully saturated rings. The second kappa shape index (κ2) is 6.95. The molecule has 156 valence electrons. The normalized spacial score (nSPS) is 12.0. The summed E-state index contributed by atoms with van der Waals surface area (Å²) in [5.74, 6) is 0.688. The zero-order chi connectivity index (χ0) is 21.8. The molecule has 0 unspecified atom stereocenters. The van der Waals surface area contributed by atoms with Gasteiger partial charge < -0.3 is 4.52 Å². The quantitative estimate of drug-likeness (QED) is 0.416. The SMILES string of the molecule is Cc1noc(C)c1-c1ccc2c(-c3cnn(C)c3)cn(S(=O)(=O)c3ccccc3)c2c1. The Morgan fingerprint density at radius 3 is 2.39 bits per heavy atom. The lowest BCUT2D eigenvalue weighted by Crippen LogP contribution is -2.11. The minimum atomic E-state index is -3.80. The third-order valence-corrected chi connectivity index (χ3v) is 7.10. The van der Waals surface area contributed by atoms with Crippen LogP contribution in [0, 0.1) is 13.8 Å². The molecule has 0 aliphatic heterocycles. The van der Waals surface area contributed by atoms with Gasteiger partial charge in [0.2, 0.25) is 0 Å². The van der Waals surface area contributed by atoms with Gasteiger partial charge in [0, 0.05) is 41.5 Å². The number of hydrogen-bond donors (Lipinski definition) is 0. The van der Waals surface area contributed by atoms with Crippen molar-refractivity contribution in [2.24, 2.45) is 7.05 Å². The highest BCUT2D eigenvalue weighted by Gasteiger charge is 2.23. The molecule has 7 nitrogen and oxygen atoms in total. The van der Waals surface area contributed by atoms with E-state index in [0.29, 0.717) is 11.3 Å². The summed E-state index contributed by atoms with van der Waals surface area (Å²) in [6, 6.07) is 14.2. The first-order valence-electron chi connectivity index (χ1n) is 9.74. The number of benzene rings is 2. The van der Waals surface area contributed by atoms with Gasteiger partial charge in [-0.25, -0.2) is 12.4 Å². The zero-order valence-electron chi connectivity index (χ0n) is 17.3. The molecular formula is C23H20N4O3S. The standard InChI is InChI=1S/C23H20N4O3S/c1-15-23(16(2)30-25-15)17-9-10-20-21(18-12-24-26(3)13-18)14-27(22(20)11-17)31(28,29)19-7-5-4-6-8-19/h4-14H,1-3H3. The molecule has 0 amide bonds. The Hall–Kier alpha value is -3.65. The second-order valence-corrected chi connectivity index (χ2v) is 9.31. The summed E-state index contributed by atoms with van der Waals surface area (Å²) < 4.78 is 35.4. The predicted molar refractivity (Wildman–Crippen MR) is 118 cm³/mol. The van der Waals surface area contributed by atoms with E-state index in [1.54, 1.807) is 47.4 Å². The molecule has 0 aliphatic carbocycles. The van der Waals surface area contributed by atoms with Gasteiger partial charge in [-0.15, -0.1) is 0 Å². The van der Waals surface area contributed by atoms with Crippen molar-refractivity contribution in [1.29, 1.82) is 0 Å².